The Balaban J connectivity index is 2.58. The quantitative estimate of drug-likeness (QED) is 0.525. The Kier molecular flexibility index (Phi) is 3.79. The standard InChI is InChI=1S/C15H13NO4/c1-2-10-3-5-11(6-4-10)12-7-13(9-17)15(18)14(8-12)16(19)20/h3-9,18H,2H2,1H3. The van der Waals surface area contributed by atoms with Crippen molar-refractivity contribution in [3.8, 4) is 16.9 Å². The van der Waals surface area contributed by atoms with E-state index in [0.29, 0.717) is 11.8 Å². The van der Waals surface area contributed by atoms with E-state index in [1.165, 1.54) is 12.1 Å². The molecule has 2 rings (SSSR count). The molecule has 0 aliphatic heterocycles. The number of carbonyl (C=O) groups excluding carboxylic acids is 1. The number of nitro groups is 1. The summed E-state index contributed by atoms with van der Waals surface area (Å²) >= 11 is 0. The molecule has 102 valence electrons. The summed E-state index contributed by atoms with van der Waals surface area (Å²) in [6.07, 6.45) is 1.31. The van der Waals surface area contributed by atoms with E-state index in [2.05, 4.69) is 0 Å². The second kappa shape index (κ2) is 5.52. The molecule has 0 saturated heterocycles. The largest absolute Gasteiger partial charge is 0.502 e. The number of hydrogen-bond acceptors (Lipinski definition) is 4. The van der Waals surface area contributed by atoms with E-state index in [1.807, 2.05) is 31.2 Å². The van der Waals surface area contributed by atoms with Gasteiger partial charge in [-0.2, -0.15) is 0 Å². The molecule has 1 N–H and O–H groups in total. The van der Waals surface area contributed by atoms with Crippen LogP contribution in [0.25, 0.3) is 11.1 Å². The Hall–Kier alpha value is -2.69. The van der Waals surface area contributed by atoms with Crippen LogP contribution in [0.2, 0.25) is 0 Å². The Morgan fingerprint density at radius 3 is 2.35 bits per heavy atom. The van der Waals surface area contributed by atoms with Crippen molar-refractivity contribution >= 4 is 12.0 Å². The first-order valence-electron chi connectivity index (χ1n) is 6.12. The number of rotatable bonds is 4. The van der Waals surface area contributed by atoms with Gasteiger partial charge in [0.1, 0.15) is 0 Å². The van der Waals surface area contributed by atoms with Crippen LogP contribution in [0.15, 0.2) is 36.4 Å². The lowest BCUT2D eigenvalue weighted by Crippen LogP contribution is -1.94. The lowest BCUT2D eigenvalue weighted by Gasteiger charge is -2.06. The van der Waals surface area contributed by atoms with Crippen LogP contribution in [-0.4, -0.2) is 16.3 Å². The highest BCUT2D eigenvalue weighted by molar-refractivity contribution is 5.86. The molecule has 0 radical (unpaired) electrons. The number of aldehydes is 1. The minimum Gasteiger partial charge on any atom is -0.502 e. The molecule has 5 heteroatoms. The minimum atomic E-state index is -0.702. The molecule has 5 nitrogen and oxygen atoms in total. The highest BCUT2D eigenvalue weighted by Crippen LogP contribution is 2.34. The maximum absolute atomic E-state index is 10.9. The first-order chi connectivity index (χ1) is 9.56. The summed E-state index contributed by atoms with van der Waals surface area (Å²) in [5, 5.41) is 20.5. The maximum atomic E-state index is 10.9. The second-order valence-corrected chi connectivity index (χ2v) is 4.36. The lowest BCUT2D eigenvalue weighted by atomic mass is 10.00. The van der Waals surface area contributed by atoms with Crippen LogP contribution in [0.5, 0.6) is 5.75 Å². The van der Waals surface area contributed by atoms with Gasteiger partial charge in [-0.15, -0.1) is 0 Å². The van der Waals surface area contributed by atoms with E-state index in [0.717, 1.165) is 17.5 Å². The van der Waals surface area contributed by atoms with Gasteiger partial charge in [-0.1, -0.05) is 31.2 Å². The smallest absolute Gasteiger partial charge is 0.312 e. The van der Waals surface area contributed by atoms with Gasteiger partial charge in [0, 0.05) is 6.07 Å². The number of benzene rings is 2. The van der Waals surface area contributed by atoms with Crippen molar-refractivity contribution in [2.45, 2.75) is 13.3 Å². The molecular formula is C15H13NO4. The SMILES string of the molecule is CCc1ccc(-c2cc(C=O)c(O)c([N+](=O)[O-])c2)cc1. The van der Waals surface area contributed by atoms with Crippen LogP contribution >= 0.6 is 0 Å². The van der Waals surface area contributed by atoms with Crippen LogP contribution < -0.4 is 0 Å². The zero-order valence-electron chi connectivity index (χ0n) is 10.9. The van der Waals surface area contributed by atoms with Gasteiger partial charge in [-0.05, 0) is 29.2 Å². The number of aromatic hydroxyl groups is 1. The van der Waals surface area contributed by atoms with Crippen LogP contribution in [0.1, 0.15) is 22.8 Å². The van der Waals surface area contributed by atoms with Gasteiger partial charge < -0.3 is 5.11 Å². The third-order valence-electron chi connectivity index (χ3n) is 3.14. The molecule has 20 heavy (non-hydrogen) atoms. The topological polar surface area (TPSA) is 80.4 Å². The van der Waals surface area contributed by atoms with E-state index in [9.17, 15) is 20.0 Å². The molecule has 0 saturated carbocycles. The number of aryl methyl sites for hydroxylation is 1. The number of carbonyl (C=O) groups is 1. The molecule has 0 spiro atoms. The molecule has 0 aromatic heterocycles. The fourth-order valence-electron chi connectivity index (χ4n) is 1.97. The number of phenolic OH excluding ortho intramolecular Hbond substituents is 1. The summed E-state index contributed by atoms with van der Waals surface area (Å²) < 4.78 is 0. The van der Waals surface area contributed by atoms with E-state index in [4.69, 9.17) is 0 Å². The Morgan fingerprint density at radius 1 is 1.20 bits per heavy atom. The second-order valence-electron chi connectivity index (χ2n) is 4.36. The third-order valence-corrected chi connectivity index (χ3v) is 3.14. The van der Waals surface area contributed by atoms with Gasteiger partial charge in [0.05, 0.1) is 10.5 Å². The summed E-state index contributed by atoms with van der Waals surface area (Å²) in [5.41, 5.74) is 1.88. The summed E-state index contributed by atoms with van der Waals surface area (Å²) in [6.45, 7) is 2.03. The molecule has 0 atom stereocenters. The van der Waals surface area contributed by atoms with Crippen molar-refractivity contribution < 1.29 is 14.8 Å². The Labute approximate surface area is 115 Å². The zero-order chi connectivity index (χ0) is 14.7. The van der Waals surface area contributed by atoms with Gasteiger partial charge >= 0.3 is 5.69 Å². The highest BCUT2D eigenvalue weighted by atomic mass is 16.6. The summed E-state index contributed by atoms with van der Waals surface area (Å²) in [6, 6.07) is 10.2. The van der Waals surface area contributed by atoms with E-state index < -0.39 is 16.4 Å². The van der Waals surface area contributed by atoms with Gasteiger partial charge in [0.2, 0.25) is 5.75 Å². The predicted molar refractivity (Wildman–Crippen MR) is 75.0 cm³/mol. The molecule has 0 aliphatic carbocycles. The highest BCUT2D eigenvalue weighted by Gasteiger charge is 2.19. The number of hydrogen-bond donors (Lipinski definition) is 1. The fourth-order valence-corrected chi connectivity index (χ4v) is 1.97. The number of nitro benzene ring substituents is 1. The Morgan fingerprint density at radius 2 is 1.85 bits per heavy atom. The fraction of sp³-hybridized carbons (Fsp3) is 0.133. The van der Waals surface area contributed by atoms with Crippen molar-refractivity contribution in [3.63, 3.8) is 0 Å². The molecule has 0 amide bonds. The first-order valence-corrected chi connectivity index (χ1v) is 6.12. The molecular weight excluding hydrogens is 258 g/mol. The predicted octanol–water partition coefficient (Wildman–Crippen LogP) is 3.34. The summed E-state index contributed by atoms with van der Waals surface area (Å²) in [7, 11) is 0. The monoisotopic (exact) mass is 271 g/mol. The van der Waals surface area contributed by atoms with Crippen molar-refractivity contribution in [2.75, 3.05) is 0 Å². The van der Waals surface area contributed by atoms with Crippen molar-refractivity contribution in [3.05, 3.63) is 57.6 Å². The van der Waals surface area contributed by atoms with Crippen molar-refractivity contribution in [1.29, 1.82) is 0 Å². The molecule has 2 aromatic rings. The molecule has 0 heterocycles. The van der Waals surface area contributed by atoms with Gasteiger partial charge in [-0.25, -0.2) is 0 Å². The van der Waals surface area contributed by atoms with Crippen LogP contribution in [0.4, 0.5) is 5.69 Å². The van der Waals surface area contributed by atoms with E-state index in [-0.39, 0.29) is 5.56 Å². The third kappa shape index (κ3) is 2.51. The summed E-state index contributed by atoms with van der Waals surface area (Å²) in [5.74, 6) is -0.598. The average molecular weight is 271 g/mol. The average Bonchev–Trinajstić information content (AvgIpc) is 2.47. The molecule has 0 aliphatic rings. The van der Waals surface area contributed by atoms with Gasteiger partial charge in [0.25, 0.3) is 0 Å². The van der Waals surface area contributed by atoms with E-state index >= 15 is 0 Å². The molecule has 0 unspecified atom stereocenters. The van der Waals surface area contributed by atoms with Crippen molar-refractivity contribution in [2.24, 2.45) is 0 Å². The van der Waals surface area contributed by atoms with Crippen LogP contribution in [-0.2, 0) is 6.42 Å². The van der Waals surface area contributed by atoms with E-state index in [1.54, 1.807) is 0 Å². The zero-order valence-corrected chi connectivity index (χ0v) is 10.9. The summed E-state index contributed by atoms with van der Waals surface area (Å²) in [4.78, 5) is 21.1. The Bertz CT molecular complexity index is 662. The first kappa shape index (κ1) is 13.7. The normalized spacial score (nSPS) is 10.2. The molecule has 0 fully saturated rings. The van der Waals surface area contributed by atoms with Gasteiger partial charge in [0.15, 0.2) is 6.29 Å². The molecule has 0 bridgehead atoms. The number of nitrogens with zero attached hydrogens (tertiary/aromatic N) is 1. The van der Waals surface area contributed by atoms with Crippen molar-refractivity contribution in [1.82, 2.24) is 0 Å². The van der Waals surface area contributed by atoms with Crippen LogP contribution in [0, 0.1) is 10.1 Å². The van der Waals surface area contributed by atoms with Crippen LogP contribution in [0.3, 0.4) is 0 Å². The van der Waals surface area contributed by atoms with Gasteiger partial charge in [-0.3, -0.25) is 14.9 Å². The maximum Gasteiger partial charge on any atom is 0.312 e. The minimum absolute atomic E-state index is 0.0891. The number of phenols is 1. The molecule has 2 aromatic carbocycles. The lowest BCUT2D eigenvalue weighted by molar-refractivity contribution is -0.385.